The minimum Gasteiger partial charge on any atom is -0.355 e. The van der Waals surface area contributed by atoms with Gasteiger partial charge >= 0.3 is 0 Å². The zero-order valence-corrected chi connectivity index (χ0v) is 19.2. The zero-order chi connectivity index (χ0) is 21.7. The number of anilines is 1. The molecule has 1 saturated carbocycles. The monoisotopic (exact) mass is 460 g/mol. The maximum Gasteiger partial charge on any atom is 0.271 e. The maximum absolute atomic E-state index is 12.9. The molecule has 31 heavy (non-hydrogen) atoms. The van der Waals surface area contributed by atoms with Crippen LogP contribution < -0.4 is 10.0 Å². The van der Waals surface area contributed by atoms with Crippen molar-refractivity contribution >= 4 is 27.0 Å². The number of nitrogens with one attached hydrogen (secondary N) is 2. The van der Waals surface area contributed by atoms with E-state index in [1.807, 2.05) is 0 Å². The molecule has 7 nitrogen and oxygen atoms in total. The van der Waals surface area contributed by atoms with Crippen LogP contribution in [0.4, 0.5) is 5.69 Å². The van der Waals surface area contributed by atoms with Crippen LogP contribution in [0.2, 0.25) is 0 Å². The van der Waals surface area contributed by atoms with Crippen molar-refractivity contribution in [2.45, 2.75) is 49.8 Å². The number of hydrogen-bond acceptors (Lipinski definition) is 7. The van der Waals surface area contributed by atoms with Gasteiger partial charge in [0.05, 0.1) is 16.8 Å². The van der Waals surface area contributed by atoms with Crippen molar-refractivity contribution < 1.29 is 12.9 Å². The number of nitrogens with zero attached hydrogens (tertiary/aromatic N) is 2. The maximum atomic E-state index is 12.9. The van der Waals surface area contributed by atoms with Crippen molar-refractivity contribution in [3.8, 4) is 10.6 Å². The van der Waals surface area contributed by atoms with Crippen molar-refractivity contribution in [2.75, 3.05) is 11.3 Å². The Morgan fingerprint density at radius 1 is 1.16 bits per heavy atom. The van der Waals surface area contributed by atoms with Gasteiger partial charge in [-0.3, -0.25) is 9.71 Å². The summed E-state index contributed by atoms with van der Waals surface area (Å²) in [5.74, 6) is 1.94. The molecule has 9 heteroatoms. The summed E-state index contributed by atoms with van der Waals surface area (Å²) in [6.45, 7) is 3.78. The van der Waals surface area contributed by atoms with Crippen LogP contribution in [0.25, 0.3) is 10.6 Å². The van der Waals surface area contributed by atoms with Gasteiger partial charge in [-0.05, 0) is 36.6 Å². The molecule has 1 aliphatic rings. The van der Waals surface area contributed by atoms with Crippen LogP contribution in [0.1, 0.15) is 44.6 Å². The molecule has 2 N–H and O–H groups in total. The van der Waals surface area contributed by atoms with Gasteiger partial charge in [0.2, 0.25) is 0 Å². The van der Waals surface area contributed by atoms with Gasteiger partial charge in [-0.2, -0.15) is 0 Å². The van der Waals surface area contributed by atoms with E-state index in [4.69, 9.17) is 4.52 Å². The van der Waals surface area contributed by atoms with E-state index in [0.717, 1.165) is 29.4 Å². The first-order chi connectivity index (χ1) is 15.0. The molecule has 166 valence electrons. The van der Waals surface area contributed by atoms with Crippen molar-refractivity contribution in [3.05, 3.63) is 48.4 Å². The lowest BCUT2D eigenvalue weighted by Crippen LogP contribution is -2.27. The minimum atomic E-state index is -3.71. The zero-order valence-electron chi connectivity index (χ0n) is 17.6. The highest BCUT2D eigenvalue weighted by molar-refractivity contribution is 7.94. The summed E-state index contributed by atoms with van der Waals surface area (Å²) in [5.41, 5.74) is 1.37. The first kappa shape index (κ1) is 22.0. The number of rotatable bonds is 9. The molecule has 0 bridgehead atoms. The third-order valence-electron chi connectivity index (χ3n) is 5.91. The Balaban J connectivity index is 1.39. The highest BCUT2D eigenvalue weighted by Gasteiger charge is 2.21. The normalized spacial score (nSPS) is 16.3. The van der Waals surface area contributed by atoms with Gasteiger partial charge in [-0.15, -0.1) is 11.3 Å². The van der Waals surface area contributed by atoms with E-state index in [1.54, 1.807) is 36.7 Å². The molecule has 3 aromatic heterocycles. The lowest BCUT2D eigenvalue weighted by atomic mass is 9.81. The van der Waals surface area contributed by atoms with Crippen LogP contribution in [-0.4, -0.2) is 25.1 Å². The van der Waals surface area contributed by atoms with E-state index in [1.165, 1.54) is 38.3 Å². The van der Waals surface area contributed by atoms with Crippen LogP contribution in [0, 0.1) is 11.8 Å². The van der Waals surface area contributed by atoms with Gasteiger partial charge < -0.3 is 9.84 Å². The molecule has 0 spiro atoms. The Morgan fingerprint density at radius 2 is 2.00 bits per heavy atom. The summed E-state index contributed by atoms with van der Waals surface area (Å²) in [6.07, 6.45) is 11.5. The largest absolute Gasteiger partial charge is 0.355 e. The van der Waals surface area contributed by atoms with Crippen LogP contribution in [0.15, 0.2) is 51.6 Å². The van der Waals surface area contributed by atoms with Crippen LogP contribution >= 0.6 is 11.3 Å². The Bertz CT molecular complexity index is 1070. The van der Waals surface area contributed by atoms with E-state index in [0.29, 0.717) is 28.8 Å². The van der Waals surface area contributed by atoms with Gasteiger partial charge in [0, 0.05) is 30.6 Å². The second-order valence-electron chi connectivity index (χ2n) is 8.14. The second kappa shape index (κ2) is 9.93. The lowest BCUT2D eigenvalue weighted by molar-refractivity contribution is 0.256. The third kappa shape index (κ3) is 5.53. The Labute approximate surface area is 187 Å². The summed E-state index contributed by atoms with van der Waals surface area (Å²) in [4.78, 5) is 4.90. The Morgan fingerprint density at radius 3 is 2.77 bits per heavy atom. The standard InChI is InChI=1S/C22H28N4O3S2/c1-16(17-5-3-2-4-6-17)13-24-15-18-14-23-11-9-19(18)26-31(27,28)22-8-7-21(30-22)20-10-12-25-29-20/h7-12,14,16-17,24H,2-6,13,15H2,1H3,(H,23,26). The predicted molar refractivity (Wildman–Crippen MR) is 122 cm³/mol. The summed E-state index contributed by atoms with van der Waals surface area (Å²) in [6, 6.07) is 6.71. The van der Waals surface area contributed by atoms with E-state index in [9.17, 15) is 8.42 Å². The summed E-state index contributed by atoms with van der Waals surface area (Å²) in [7, 11) is -3.71. The predicted octanol–water partition coefficient (Wildman–Crippen LogP) is 4.90. The van der Waals surface area contributed by atoms with Crippen LogP contribution in [-0.2, 0) is 16.6 Å². The summed E-state index contributed by atoms with van der Waals surface area (Å²) >= 11 is 1.14. The molecular weight excluding hydrogens is 432 g/mol. The molecule has 3 aromatic rings. The number of sulfonamides is 1. The smallest absolute Gasteiger partial charge is 0.271 e. The summed E-state index contributed by atoms with van der Waals surface area (Å²) in [5, 5.41) is 7.17. The highest BCUT2D eigenvalue weighted by atomic mass is 32.2. The molecule has 3 heterocycles. The van der Waals surface area contributed by atoms with Crippen molar-refractivity contribution in [1.82, 2.24) is 15.5 Å². The molecule has 1 atom stereocenters. The molecule has 1 fully saturated rings. The molecule has 0 saturated heterocycles. The van der Waals surface area contributed by atoms with E-state index in [2.05, 4.69) is 27.1 Å². The van der Waals surface area contributed by atoms with Gasteiger partial charge in [0.15, 0.2) is 5.76 Å². The number of hydrogen-bond donors (Lipinski definition) is 2. The van der Waals surface area contributed by atoms with Gasteiger partial charge in [0.25, 0.3) is 10.0 Å². The third-order valence-corrected chi connectivity index (χ3v) is 8.87. The van der Waals surface area contributed by atoms with Crippen LogP contribution in [0.3, 0.4) is 0 Å². The topological polar surface area (TPSA) is 97.1 Å². The van der Waals surface area contributed by atoms with Crippen molar-refractivity contribution in [3.63, 3.8) is 0 Å². The fourth-order valence-corrected chi connectivity index (χ4v) is 6.47. The number of thiophene rings is 1. The van der Waals surface area contributed by atoms with E-state index >= 15 is 0 Å². The first-order valence-corrected chi connectivity index (χ1v) is 13.0. The van der Waals surface area contributed by atoms with E-state index in [-0.39, 0.29) is 4.21 Å². The number of aromatic nitrogens is 2. The minimum absolute atomic E-state index is 0.223. The number of pyridine rings is 1. The average Bonchev–Trinajstić information content (AvgIpc) is 3.47. The first-order valence-electron chi connectivity index (χ1n) is 10.7. The quantitative estimate of drug-likeness (QED) is 0.471. The molecule has 1 aliphatic carbocycles. The molecule has 0 radical (unpaired) electrons. The fraction of sp³-hybridized carbons (Fsp3) is 0.455. The highest BCUT2D eigenvalue weighted by Crippen LogP contribution is 2.32. The Kier molecular flexibility index (Phi) is 7.04. The van der Waals surface area contributed by atoms with Crippen LogP contribution in [0.5, 0.6) is 0 Å². The van der Waals surface area contributed by atoms with Crippen molar-refractivity contribution in [1.29, 1.82) is 0 Å². The average molecular weight is 461 g/mol. The molecular formula is C22H28N4O3S2. The van der Waals surface area contributed by atoms with Crippen molar-refractivity contribution in [2.24, 2.45) is 11.8 Å². The molecule has 0 aromatic carbocycles. The lowest BCUT2D eigenvalue weighted by Gasteiger charge is -2.28. The SMILES string of the molecule is CC(CNCc1cnccc1NS(=O)(=O)c1ccc(-c2ccno2)s1)C1CCCCC1. The van der Waals surface area contributed by atoms with Gasteiger partial charge in [-0.25, -0.2) is 8.42 Å². The molecule has 0 aliphatic heterocycles. The molecule has 1 unspecified atom stereocenters. The van der Waals surface area contributed by atoms with E-state index < -0.39 is 10.0 Å². The van der Waals surface area contributed by atoms with Gasteiger partial charge in [0.1, 0.15) is 4.21 Å². The fourth-order valence-electron chi connectivity index (χ4n) is 4.11. The second-order valence-corrected chi connectivity index (χ2v) is 11.1. The van der Waals surface area contributed by atoms with Gasteiger partial charge in [-0.1, -0.05) is 44.2 Å². The Hall–Kier alpha value is -2.23. The summed E-state index contributed by atoms with van der Waals surface area (Å²) < 4.78 is 33.9. The molecule has 4 rings (SSSR count). The molecule has 0 amide bonds.